The highest BCUT2D eigenvalue weighted by Gasteiger charge is 2.17. The number of aryl methyl sites for hydroxylation is 3. The number of anilines is 1. The molecule has 0 aliphatic carbocycles. The van der Waals surface area contributed by atoms with Crippen LogP contribution in [0, 0.1) is 27.7 Å². The second kappa shape index (κ2) is 6.97. The van der Waals surface area contributed by atoms with Crippen LogP contribution in [0.15, 0.2) is 60.7 Å². The Bertz CT molecular complexity index is 1200. The minimum atomic E-state index is -0.123. The Hall–Kier alpha value is -3.40. The molecule has 4 rings (SSSR count). The largest absolute Gasteiger partial charge is 0.319 e. The summed E-state index contributed by atoms with van der Waals surface area (Å²) in [4.78, 5) is 13.0. The van der Waals surface area contributed by atoms with Gasteiger partial charge in [-0.15, -0.1) is 0 Å². The third-order valence-electron chi connectivity index (χ3n) is 5.30. The fourth-order valence-electron chi connectivity index (χ4n) is 3.54. The number of hydrogen-bond acceptors (Lipinski definition) is 2. The fraction of sp³-hybridized carbons (Fsp3) is 0.167. The van der Waals surface area contributed by atoms with Crippen molar-refractivity contribution in [2.45, 2.75) is 27.7 Å². The second-order valence-electron chi connectivity index (χ2n) is 7.21. The van der Waals surface area contributed by atoms with Crippen molar-refractivity contribution in [2.24, 2.45) is 0 Å². The van der Waals surface area contributed by atoms with Gasteiger partial charge in [0.15, 0.2) is 0 Å². The van der Waals surface area contributed by atoms with Gasteiger partial charge in [0.2, 0.25) is 0 Å². The minimum Gasteiger partial charge on any atom is -0.319 e. The molecule has 0 atom stereocenters. The Kier molecular flexibility index (Phi) is 4.47. The monoisotopic (exact) mass is 369 g/mol. The lowest BCUT2D eigenvalue weighted by Crippen LogP contribution is -2.13. The Morgan fingerprint density at radius 3 is 2.43 bits per heavy atom. The number of rotatable bonds is 3. The molecular weight excluding hydrogens is 346 g/mol. The maximum absolute atomic E-state index is 13.0. The van der Waals surface area contributed by atoms with Crippen molar-refractivity contribution < 1.29 is 4.79 Å². The van der Waals surface area contributed by atoms with Gasteiger partial charge in [-0.1, -0.05) is 42.5 Å². The van der Waals surface area contributed by atoms with Crippen LogP contribution in [0.5, 0.6) is 0 Å². The zero-order valence-corrected chi connectivity index (χ0v) is 16.6. The van der Waals surface area contributed by atoms with Crippen molar-refractivity contribution in [1.29, 1.82) is 0 Å². The molecule has 1 amide bonds. The molecule has 4 nitrogen and oxygen atoms in total. The topological polar surface area (TPSA) is 46.9 Å². The summed E-state index contributed by atoms with van der Waals surface area (Å²) in [5.41, 5.74) is 6.58. The number of carbonyl (C=O) groups is 1. The minimum absolute atomic E-state index is 0.123. The van der Waals surface area contributed by atoms with E-state index in [2.05, 4.69) is 42.5 Å². The molecule has 0 saturated carbocycles. The van der Waals surface area contributed by atoms with Gasteiger partial charge >= 0.3 is 0 Å². The zero-order valence-electron chi connectivity index (χ0n) is 16.6. The molecule has 0 aliphatic rings. The smallest absolute Gasteiger partial charge is 0.256 e. The van der Waals surface area contributed by atoms with Gasteiger partial charge in [-0.3, -0.25) is 4.79 Å². The third-order valence-corrected chi connectivity index (χ3v) is 5.30. The molecule has 1 N–H and O–H groups in total. The number of amides is 1. The molecule has 0 aliphatic heterocycles. The van der Waals surface area contributed by atoms with E-state index in [-0.39, 0.29) is 5.91 Å². The molecule has 0 spiro atoms. The van der Waals surface area contributed by atoms with Crippen LogP contribution < -0.4 is 5.32 Å². The molecule has 0 fully saturated rings. The van der Waals surface area contributed by atoms with Crippen molar-refractivity contribution in [1.82, 2.24) is 9.78 Å². The highest BCUT2D eigenvalue weighted by molar-refractivity contribution is 6.13. The van der Waals surface area contributed by atoms with Crippen LogP contribution in [0.2, 0.25) is 0 Å². The number of benzene rings is 3. The van der Waals surface area contributed by atoms with E-state index in [1.54, 1.807) is 0 Å². The van der Waals surface area contributed by atoms with Crippen LogP contribution in [0.4, 0.5) is 5.69 Å². The zero-order chi connectivity index (χ0) is 19.8. The first-order valence-electron chi connectivity index (χ1n) is 9.38. The third kappa shape index (κ3) is 3.07. The lowest BCUT2D eigenvalue weighted by Gasteiger charge is -2.10. The molecule has 1 heterocycles. The van der Waals surface area contributed by atoms with Gasteiger partial charge in [0.05, 0.1) is 22.8 Å². The summed E-state index contributed by atoms with van der Waals surface area (Å²) >= 11 is 0. The first-order chi connectivity index (χ1) is 13.5. The lowest BCUT2D eigenvalue weighted by molar-refractivity contribution is 0.102. The average Bonchev–Trinajstić information content (AvgIpc) is 2.98. The Balaban J connectivity index is 1.71. The van der Waals surface area contributed by atoms with Gasteiger partial charge in [0, 0.05) is 5.56 Å². The van der Waals surface area contributed by atoms with E-state index in [1.807, 2.05) is 61.0 Å². The molecule has 0 unspecified atom stereocenters. The number of aromatic nitrogens is 2. The van der Waals surface area contributed by atoms with E-state index < -0.39 is 0 Å². The van der Waals surface area contributed by atoms with Crippen LogP contribution in [0.3, 0.4) is 0 Å². The fourth-order valence-corrected chi connectivity index (χ4v) is 3.54. The summed E-state index contributed by atoms with van der Waals surface area (Å²) in [5, 5.41) is 9.74. The van der Waals surface area contributed by atoms with E-state index in [0.717, 1.165) is 33.5 Å². The summed E-state index contributed by atoms with van der Waals surface area (Å²) in [6.07, 6.45) is 0. The predicted octanol–water partition coefficient (Wildman–Crippen LogP) is 5.51. The highest BCUT2D eigenvalue weighted by atomic mass is 16.1. The molecule has 0 saturated heterocycles. The standard InChI is InChI=1S/C24H23N3O/c1-15-12-13-20(14-16(15)2)27-18(4)23(17(3)26-27)25-24(28)22-11-7-9-19-8-5-6-10-21(19)22/h5-14H,1-4H3,(H,25,28). The Morgan fingerprint density at radius 1 is 0.893 bits per heavy atom. The second-order valence-corrected chi connectivity index (χ2v) is 7.21. The van der Waals surface area contributed by atoms with Crippen molar-refractivity contribution in [2.75, 3.05) is 5.32 Å². The van der Waals surface area contributed by atoms with E-state index >= 15 is 0 Å². The van der Waals surface area contributed by atoms with Crippen molar-refractivity contribution in [3.05, 3.63) is 88.7 Å². The Labute approximate surface area is 164 Å². The Morgan fingerprint density at radius 2 is 1.64 bits per heavy atom. The quantitative estimate of drug-likeness (QED) is 0.517. The molecule has 4 aromatic rings. The lowest BCUT2D eigenvalue weighted by atomic mass is 10.0. The van der Waals surface area contributed by atoms with Crippen LogP contribution in [0.1, 0.15) is 32.9 Å². The van der Waals surface area contributed by atoms with Gasteiger partial charge in [0.25, 0.3) is 5.91 Å². The summed E-state index contributed by atoms with van der Waals surface area (Å²) < 4.78 is 1.89. The molecule has 4 heteroatoms. The van der Waals surface area contributed by atoms with Gasteiger partial charge in [-0.05, 0) is 67.8 Å². The maximum atomic E-state index is 13.0. The van der Waals surface area contributed by atoms with E-state index in [4.69, 9.17) is 0 Å². The summed E-state index contributed by atoms with van der Waals surface area (Å²) in [6.45, 7) is 8.08. The van der Waals surface area contributed by atoms with Crippen molar-refractivity contribution >= 4 is 22.4 Å². The SMILES string of the molecule is Cc1ccc(-n2nc(C)c(NC(=O)c3cccc4ccccc34)c2C)cc1C. The van der Waals surface area contributed by atoms with Crippen molar-refractivity contribution in [3.8, 4) is 5.69 Å². The normalized spacial score (nSPS) is 11.0. The predicted molar refractivity (Wildman–Crippen MR) is 114 cm³/mol. The summed E-state index contributed by atoms with van der Waals surface area (Å²) in [7, 11) is 0. The average molecular weight is 369 g/mol. The van der Waals surface area contributed by atoms with Crippen LogP contribution in [-0.4, -0.2) is 15.7 Å². The van der Waals surface area contributed by atoms with Crippen LogP contribution in [0.25, 0.3) is 16.5 Å². The number of hydrogen-bond donors (Lipinski definition) is 1. The first kappa shape index (κ1) is 18.0. The molecular formula is C24H23N3O. The van der Waals surface area contributed by atoms with Crippen molar-refractivity contribution in [3.63, 3.8) is 0 Å². The molecule has 0 radical (unpaired) electrons. The summed E-state index contributed by atoms with van der Waals surface area (Å²) in [6, 6.07) is 20.0. The molecule has 0 bridgehead atoms. The molecule has 3 aromatic carbocycles. The van der Waals surface area contributed by atoms with E-state index in [9.17, 15) is 4.79 Å². The number of nitrogens with one attached hydrogen (secondary N) is 1. The maximum Gasteiger partial charge on any atom is 0.256 e. The van der Waals surface area contributed by atoms with Gasteiger partial charge in [0.1, 0.15) is 0 Å². The van der Waals surface area contributed by atoms with E-state index in [1.165, 1.54) is 11.1 Å². The molecule has 28 heavy (non-hydrogen) atoms. The van der Waals surface area contributed by atoms with E-state index in [0.29, 0.717) is 5.56 Å². The highest BCUT2D eigenvalue weighted by Crippen LogP contribution is 2.26. The van der Waals surface area contributed by atoms with Gasteiger partial charge in [-0.25, -0.2) is 4.68 Å². The first-order valence-corrected chi connectivity index (χ1v) is 9.38. The van der Waals surface area contributed by atoms with Crippen LogP contribution in [-0.2, 0) is 0 Å². The van der Waals surface area contributed by atoms with Crippen LogP contribution >= 0.6 is 0 Å². The summed E-state index contributed by atoms with van der Waals surface area (Å²) in [5.74, 6) is -0.123. The number of carbonyl (C=O) groups excluding carboxylic acids is 1. The molecule has 1 aromatic heterocycles. The van der Waals surface area contributed by atoms with Gasteiger partial charge in [-0.2, -0.15) is 5.10 Å². The number of nitrogens with zero attached hydrogens (tertiary/aromatic N) is 2. The number of fused-ring (bicyclic) bond motifs is 1. The molecule has 140 valence electrons. The van der Waals surface area contributed by atoms with Gasteiger partial charge < -0.3 is 5.32 Å².